The fourth-order valence-electron chi connectivity index (χ4n) is 9.56. The molecule has 4 amide bonds. The van der Waals surface area contributed by atoms with Crippen LogP contribution in [0.3, 0.4) is 0 Å². The van der Waals surface area contributed by atoms with E-state index in [-0.39, 0.29) is 43.2 Å². The van der Waals surface area contributed by atoms with Crippen molar-refractivity contribution in [3.8, 4) is 17.4 Å². The fraction of sp³-hybridized carbons (Fsp3) is 0.634. The summed E-state index contributed by atoms with van der Waals surface area (Å²) in [5, 5.41) is 6.60. The zero-order valence-electron chi connectivity index (χ0n) is 32.3. The number of hydrogen-bond acceptors (Lipinski definition) is 11. The van der Waals surface area contributed by atoms with Crippen LogP contribution in [0.25, 0.3) is 10.8 Å². The highest BCUT2D eigenvalue weighted by Gasteiger charge is 2.62. The number of rotatable bonds is 7. The summed E-state index contributed by atoms with van der Waals surface area (Å²) < 4.78 is 52.2. The summed E-state index contributed by atoms with van der Waals surface area (Å²) in [5.74, 6) is 0.239. The first-order chi connectivity index (χ1) is 27.4. The van der Waals surface area contributed by atoms with E-state index in [1.807, 2.05) is 31.2 Å². The van der Waals surface area contributed by atoms with E-state index < -0.39 is 68.7 Å². The Labute approximate surface area is 332 Å². The first-order valence-corrected chi connectivity index (χ1v) is 22.1. The second kappa shape index (κ2) is 14.7. The molecule has 3 N–H and O–H groups in total. The number of alkyl carbamates (subject to hydrolysis) is 1. The molecule has 4 aliphatic carbocycles. The van der Waals surface area contributed by atoms with E-state index in [2.05, 4.69) is 27.3 Å². The minimum Gasteiger partial charge on any atom is -0.486 e. The summed E-state index contributed by atoms with van der Waals surface area (Å²) in [6.07, 6.45) is 10.0. The van der Waals surface area contributed by atoms with E-state index >= 15 is 0 Å². The molecule has 7 aliphatic rings. The van der Waals surface area contributed by atoms with Crippen LogP contribution in [-0.2, 0) is 29.1 Å². The maximum atomic E-state index is 14.9. The Bertz CT molecular complexity index is 2100. The monoisotopic (exact) mass is 805 g/mol. The minimum absolute atomic E-state index is 0.0143. The number of hydrogen-bond donors (Lipinski definition) is 3. The molecule has 2 aromatic rings. The molecule has 4 saturated carbocycles. The van der Waals surface area contributed by atoms with Crippen molar-refractivity contribution in [2.24, 2.45) is 29.6 Å². The lowest BCUT2D eigenvalue weighted by Gasteiger charge is -2.33. The van der Waals surface area contributed by atoms with E-state index in [0.29, 0.717) is 67.6 Å². The largest absolute Gasteiger partial charge is 0.486 e. The Morgan fingerprint density at radius 1 is 0.965 bits per heavy atom. The van der Waals surface area contributed by atoms with Gasteiger partial charge in [0, 0.05) is 29.3 Å². The van der Waals surface area contributed by atoms with Crippen LogP contribution in [0, 0.1) is 29.6 Å². The van der Waals surface area contributed by atoms with Crippen LogP contribution in [0.4, 0.5) is 4.79 Å². The quantitative estimate of drug-likeness (QED) is 0.346. The van der Waals surface area contributed by atoms with Gasteiger partial charge in [0.1, 0.15) is 43.0 Å². The van der Waals surface area contributed by atoms with Crippen molar-refractivity contribution in [1.29, 1.82) is 0 Å². The molecule has 5 fully saturated rings. The lowest BCUT2D eigenvalue weighted by Crippen LogP contribution is -2.59. The van der Waals surface area contributed by atoms with Gasteiger partial charge in [-0.1, -0.05) is 26.0 Å². The van der Waals surface area contributed by atoms with Gasteiger partial charge >= 0.3 is 6.09 Å². The SMILES string of the molecule is C[C@@H]1CC/C=C\[C@@H]2C[C@@]2(C(=O)NS(=O)(=O)C2CC2)NC(=O)[C@@H]2C[C@@H](Oc3nccc4c5c(ccc34)OCCO5)CN2C(=O)[C@@H](NC(=O)O[C@@H]2C[C@@H]3C[C@@H]3C2)[C@H](C)C1. The maximum absolute atomic E-state index is 14.9. The lowest BCUT2D eigenvalue weighted by molar-refractivity contribution is -0.142. The van der Waals surface area contributed by atoms with Gasteiger partial charge in [-0.2, -0.15) is 0 Å². The zero-order valence-corrected chi connectivity index (χ0v) is 33.1. The van der Waals surface area contributed by atoms with Gasteiger partial charge in [-0.05, 0) is 99.7 Å². The Kier molecular flexibility index (Phi) is 9.75. The molecule has 0 radical (unpaired) electrons. The lowest BCUT2D eigenvalue weighted by atomic mass is 9.88. The van der Waals surface area contributed by atoms with Gasteiger partial charge in [0.15, 0.2) is 11.5 Å². The van der Waals surface area contributed by atoms with Crippen LogP contribution in [0.2, 0.25) is 0 Å². The number of nitrogens with zero attached hydrogens (tertiary/aromatic N) is 2. The van der Waals surface area contributed by atoms with Crippen LogP contribution in [0.15, 0.2) is 36.5 Å². The van der Waals surface area contributed by atoms with Crippen molar-refractivity contribution >= 4 is 44.6 Å². The molecule has 3 aliphatic heterocycles. The number of carbonyl (C=O) groups is 4. The number of ether oxygens (including phenoxy) is 4. The topological polar surface area (TPSA) is 192 Å². The van der Waals surface area contributed by atoms with E-state index in [9.17, 15) is 27.6 Å². The van der Waals surface area contributed by atoms with Gasteiger partial charge in [-0.15, -0.1) is 0 Å². The Morgan fingerprint density at radius 3 is 2.54 bits per heavy atom. The first-order valence-electron chi connectivity index (χ1n) is 20.5. The van der Waals surface area contributed by atoms with Crippen LogP contribution in [0.1, 0.15) is 78.1 Å². The molecule has 1 saturated heterocycles. The number of sulfonamides is 1. The number of carbonyl (C=O) groups excluding carboxylic acids is 4. The van der Waals surface area contributed by atoms with Crippen molar-refractivity contribution in [1.82, 2.24) is 25.2 Å². The van der Waals surface area contributed by atoms with E-state index in [4.69, 9.17) is 18.9 Å². The number of allylic oxidation sites excluding steroid dienone is 1. The number of benzene rings is 1. The molecule has 15 nitrogen and oxygen atoms in total. The van der Waals surface area contributed by atoms with Crippen molar-refractivity contribution in [2.75, 3.05) is 19.8 Å². The highest BCUT2D eigenvalue weighted by molar-refractivity contribution is 7.91. The molecule has 57 heavy (non-hydrogen) atoms. The highest BCUT2D eigenvalue weighted by atomic mass is 32.2. The summed E-state index contributed by atoms with van der Waals surface area (Å²) in [4.78, 5) is 62.7. The number of nitrogens with one attached hydrogen (secondary N) is 3. The first kappa shape index (κ1) is 37.9. The molecular formula is C41H51N5O10S. The van der Waals surface area contributed by atoms with Gasteiger partial charge in [0.25, 0.3) is 5.91 Å². The molecule has 306 valence electrons. The summed E-state index contributed by atoms with van der Waals surface area (Å²) >= 11 is 0. The molecule has 1 aromatic carbocycles. The van der Waals surface area contributed by atoms with Crippen LogP contribution in [0.5, 0.6) is 17.4 Å². The molecule has 0 bridgehead atoms. The Hall–Kier alpha value is -4.60. The van der Waals surface area contributed by atoms with Gasteiger partial charge < -0.3 is 34.5 Å². The number of fused-ring (bicyclic) bond motifs is 6. The van der Waals surface area contributed by atoms with Crippen molar-refractivity contribution in [3.05, 3.63) is 36.5 Å². The molecule has 9 rings (SSSR count). The summed E-state index contributed by atoms with van der Waals surface area (Å²) in [5.41, 5.74) is -1.51. The zero-order chi connectivity index (χ0) is 39.6. The standard InChI is InChI=1S/C41H51N5O10S/c1-22-5-3-4-6-26-20-41(26,39(49)45-57(51,52)29-7-8-29)44-36(47)32-19-28(55-37-31-9-10-33-35(54-14-13-53-33)30(31)11-12-42-37)21-46(32)38(48)34(23(2)15-22)43-40(50)56-27-17-24-16-25(24)18-27/h4,6,9-12,22-29,32,34H,3,5,7-8,13-21H2,1-2H3,(H,43,50)(H,44,47)(H,45,49)/b6-4-/t22-,23-,24-,25+,26-,27+,28-,32+,34+,41-/m1/s1. The van der Waals surface area contributed by atoms with Crippen LogP contribution < -0.4 is 29.6 Å². The highest BCUT2D eigenvalue weighted by Crippen LogP contribution is 2.52. The van der Waals surface area contributed by atoms with Gasteiger partial charge in [0.05, 0.1) is 11.8 Å². The maximum Gasteiger partial charge on any atom is 0.408 e. The average Bonchev–Trinajstić information content (AvgIpc) is 4.14. The number of pyridine rings is 1. The predicted molar refractivity (Wildman–Crippen MR) is 206 cm³/mol. The third kappa shape index (κ3) is 7.61. The Balaban J connectivity index is 1.02. The summed E-state index contributed by atoms with van der Waals surface area (Å²) in [7, 11) is -3.90. The van der Waals surface area contributed by atoms with Gasteiger partial charge in [0.2, 0.25) is 27.7 Å². The average molecular weight is 806 g/mol. The van der Waals surface area contributed by atoms with Crippen molar-refractivity contribution in [2.45, 2.75) is 113 Å². The smallest absolute Gasteiger partial charge is 0.408 e. The van der Waals surface area contributed by atoms with Crippen molar-refractivity contribution in [3.63, 3.8) is 0 Å². The molecular weight excluding hydrogens is 755 g/mol. The molecule has 10 atom stereocenters. The van der Waals surface area contributed by atoms with E-state index in [0.717, 1.165) is 24.6 Å². The minimum atomic E-state index is -3.90. The number of aromatic nitrogens is 1. The van der Waals surface area contributed by atoms with Gasteiger partial charge in [-0.3, -0.25) is 19.1 Å². The third-order valence-corrected chi connectivity index (χ3v) is 14.9. The second-order valence-corrected chi connectivity index (χ2v) is 19.4. The molecule has 0 unspecified atom stereocenters. The second-order valence-electron chi connectivity index (χ2n) is 17.4. The normalized spacial score (nSPS) is 35.3. The molecule has 1 aromatic heterocycles. The van der Waals surface area contributed by atoms with E-state index in [1.54, 1.807) is 12.3 Å². The number of amides is 4. The Morgan fingerprint density at radius 2 is 1.75 bits per heavy atom. The molecule has 4 heterocycles. The van der Waals surface area contributed by atoms with Crippen LogP contribution in [-0.4, -0.2) is 97.0 Å². The van der Waals surface area contributed by atoms with Crippen LogP contribution >= 0.6 is 0 Å². The van der Waals surface area contributed by atoms with E-state index in [1.165, 1.54) is 11.3 Å². The summed E-state index contributed by atoms with van der Waals surface area (Å²) in [6, 6.07) is 3.31. The predicted octanol–water partition coefficient (Wildman–Crippen LogP) is 3.74. The molecule has 16 heteroatoms. The third-order valence-electron chi connectivity index (χ3n) is 13.1. The van der Waals surface area contributed by atoms with Gasteiger partial charge in [-0.25, -0.2) is 18.2 Å². The summed E-state index contributed by atoms with van der Waals surface area (Å²) in [6.45, 7) is 4.85. The molecule has 0 spiro atoms. The fourth-order valence-corrected chi connectivity index (χ4v) is 10.9. The van der Waals surface area contributed by atoms with Crippen molar-refractivity contribution < 1.29 is 46.5 Å².